The average Bonchev–Trinajstić information content (AvgIpc) is 2.97. The first-order valence-corrected chi connectivity index (χ1v) is 8.78. The number of nitrogens with zero attached hydrogens (tertiary/aromatic N) is 1. The smallest absolute Gasteiger partial charge is 0.259 e. The molecule has 0 saturated carbocycles. The molecule has 1 amide bonds. The van der Waals surface area contributed by atoms with Gasteiger partial charge in [-0.25, -0.2) is 4.99 Å². The fourth-order valence-corrected chi connectivity index (χ4v) is 3.27. The molecule has 0 aliphatic carbocycles. The zero-order valence-electron chi connectivity index (χ0n) is 14.0. The summed E-state index contributed by atoms with van der Waals surface area (Å²) in [5.74, 6) is 0.631. The standard InChI is InChI=1S/C19H17NO5S/c1-24-15-4-2-3-13(10-15)16(21)11-25-14-7-5-12(6-8-14)9-17-18(22)20-19(23)26-17/h2-8,10,17H,9,11H2,1H3,(H,20,22,23)/p-1. The van der Waals surface area contributed by atoms with Crippen molar-refractivity contribution in [1.29, 1.82) is 0 Å². The largest absolute Gasteiger partial charge is 0.854 e. The van der Waals surface area contributed by atoms with Crippen LogP contribution in [0.15, 0.2) is 53.5 Å². The molecule has 1 heterocycles. The fourth-order valence-electron chi connectivity index (χ4n) is 2.45. The summed E-state index contributed by atoms with van der Waals surface area (Å²) in [5.41, 5.74) is 1.42. The van der Waals surface area contributed by atoms with Gasteiger partial charge in [-0.1, -0.05) is 24.3 Å². The van der Waals surface area contributed by atoms with Crippen molar-refractivity contribution in [2.75, 3.05) is 13.7 Å². The molecule has 0 aromatic heterocycles. The topological polar surface area (TPSA) is 88.0 Å². The molecule has 1 aliphatic rings. The van der Waals surface area contributed by atoms with Crippen LogP contribution in [0, 0.1) is 0 Å². The van der Waals surface area contributed by atoms with Gasteiger partial charge in [0.25, 0.3) is 5.91 Å². The number of hydrogen-bond acceptors (Lipinski definition) is 6. The van der Waals surface area contributed by atoms with Gasteiger partial charge >= 0.3 is 0 Å². The van der Waals surface area contributed by atoms with E-state index in [0.717, 1.165) is 17.3 Å². The van der Waals surface area contributed by atoms with Gasteiger partial charge in [0.05, 0.1) is 12.4 Å². The molecule has 0 radical (unpaired) electrons. The van der Waals surface area contributed by atoms with Gasteiger partial charge < -0.3 is 14.6 Å². The molecule has 7 heteroatoms. The molecule has 0 bridgehead atoms. The van der Waals surface area contributed by atoms with Crippen LogP contribution in [0.3, 0.4) is 0 Å². The molecule has 1 unspecified atom stereocenters. The minimum absolute atomic E-state index is 0.0864. The summed E-state index contributed by atoms with van der Waals surface area (Å²) in [6, 6.07) is 14.0. The quantitative estimate of drug-likeness (QED) is 0.691. The Balaban J connectivity index is 1.54. The van der Waals surface area contributed by atoms with Gasteiger partial charge in [-0.15, -0.1) is 11.8 Å². The highest BCUT2D eigenvalue weighted by Crippen LogP contribution is 2.24. The summed E-state index contributed by atoms with van der Waals surface area (Å²) in [6.45, 7) is -0.0864. The van der Waals surface area contributed by atoms with Gasteiger partial charge in [-0.05, 0) is 36.2 Å². The van der Waals surface area contributed by atoms with E-state index in [2.05, 4.69) is 4.99 Å². The van der Waals surface area contributed by atoms with Gasteiger partial charge in [0.1, 0.15) is 11.5 Å². The highest BCUT2D eigenvalue weighted by molar-refractivity contribution is 8.14. The van der Waals surface area contributed by atoms with Crippen molar-refractivity contribution in [2.45, 2.75) is 11.7 Å². The maximum Gasteiger partial charge on any atom is 0.259 e. The van der Waals surface area contributed by atoms with Crippen LogP contribution in [0.4, 0.5) is 0 Å². The van der Waals surface area contributed by atoms with E-state index >= 15 is 0 Å². The summed E-state index contributed by atoms with van der Waals surface area (Å²) >= 11 is 0.946. The predicted molar refractivity (Wildman–Crippen MR) is 96.8 cm³/mol. The average molecular weight is 370 g/mol. The number of carbonyl (C=O) groups excluding carboxylic acids is 2. The number of rotatable bonds is 7. The van der Waals surface area contributed by atoms with Crippen LogP contribution in [0.2, 0.25) is 0 Å². The molecule has 0 spiro atoms. The Morgan fingerprint density at radius 2 is 1.96 bits per heavy atom. The number of aliphatic imine (C=N–C) groups is 1. The molecule has 1 aliphatic heterocycles. The van der Waals surface area contributed by atoms with Crippen molar-refractivity contribution in [3.05, 3.63) is 59.7 Å². The van der Waals surface area contributed by atoms with Crippen LogP contribution < -0.4 is 14.6 Å². The van der Waals surface area contributed by atoms with Crippen LogP contribution in [0.1, 0.15) is 15.9 Å². The van der Waals surface area contributed by atoms with Crippen LogP contribution in [-0.4, -0.2) is 35.9 Å². The molecule has 0 fully saturated rings. The van der Waals surface area contributed by atoms with E-state index in [-0.39, 0.29) is 18.3 Å². The van der Waals surface area contributed by atoms with Gasteiger partial charge in [-0.2, -0.15) is 0 Å². The number of amides is 1. The summed E-state index contributed by atoms with van der Waals surface area (Å²) in [7, 11) is 1.54. The third-order valence-corrected chi connectivity index (χ3v) is 4.77. The number of carbonyl (C=O) groups is 2. The maximum atomic E-state index is 12.2. The number of ketones is 1. The van der Waals surface area contributed by atoms with E-state index in [1.54, 1.807) is 43.5 Å². The summed E-state index contributed by atoms with van der Waals surface area (Å²) in [6.07, 6.45) is 0.432. The zero-order chi connectivity index (χ0) is 18.5. The van der Waals surface area contributed by atoms with Gasteiger partial charge in [0.2, 0.25) is 0 Å². The van der Waals surface area contributed by atoms with Crippen molar-refractivity contribution < 1.29 is 24.2 Å². The van der Waals surface area contributed by atoms with E-state index in [1.165, 1.54) is 0 Å². The lowest BCUT2D eigenvalue weighted by atomic mass is 10.1. The number of hydrogen-bond donors (Lipinski definition) is 0. The van der Waals surface area contributed by atoms with Crippen molar-refractivity contribution in [2.24, 2.45) is 4.99 Å². The Morgan fingerprint density at radius 3 is 2.62 bits per heavy atom. The molecule has 0 saturated heterocycles. The lowest BCUT2D eigenvalue weighted by molar-refractivity contribution is -0.205. The molecule has 2 aromatic carbocycles. The highest BCUT2D eigenvalue weighted by Gasteiger charge is 2.24. The highest BCUT2D eigenvalue weighted by atomic mass is 32.2. The van der Waals surface area contributed by atoms with Gasteiger partial charge in [-0.3, -0.25) is 9.59 Å². The normalized spacial score (nSPS) is 16.3. The number of benzene rings is 2. The van der Waals surface area contributed by atoms with E-state index in [0.29, 0.717) is 23.5 Å². The monoisotopic (exact) mass is 370 g/mol. The van der Waals surface area contributed by atoms with Crippen LogP contribution in [-0.2, 0) is 11.2 Å². The number of ether oxygens (including phenoxy) is 2. The SMILES string of the molecule is COc1cccc(C(=O)COc2ccc(CC3SC([O-])=NC3=O)cc2)c1. The van der Waals surface area contributed by atoms with E-state index in [9.17, 15) is 14.7 Å². The Hall–Kier alpha value is -2.80. The first kappa shape index (κ1) is 18.0. The van der Waals surface area contributed by atoms with E-state index in [4.69, 9.17) is 9.47 Å². The molecular weight excluding hydrogens is 354 g/mol. The van der Waals surface area contributed by atoms with Crippen LogP contribution >= 0.6 is 11.8 Å². The van der Waals surface area contributed by atoms with Crippen molar-refractivity contribution in [1.82, 2.24) is 0 Å². The number of methoxy groups -OCH3 is 1. The van der Waals surface area contributed by atoms with Crippen LogP contribution in [0.25, 0.3) is 0 Å². The molecule has 3 rings (SSSR count). The van der Waals surface area contributed by atoms with Crippen molar-refractivity contribution >= 4 is 28.7 Å². The summed E-state index contributed by atoms with van der Waals surface area (Å²) in [4.78, 5) is 27.1. The Morgan fingerprint density at radius 1 is 1.19 bits per heavy atom. The van der Waals surface area contributed by atoms with Gasteiger partial charge in [0.15, 0.2) is 12.4 Å². The minimum Gasteiger partial charge on any atom is -0.854 e. The van der Waals surface area contributed by atoms with E-state index in [1.807, 2.05) is 12.1 Å². The first-order valence-electron chi connectivity index (χ1n) is 7.90. The van der Waals surface area contributed by atoms with Crippen LogP contribution in [0.5, 0.6) is 11.5 Å². The number of thioether (sulfide) groups is 1. The first-order chi connectivity index (χ1) is 12.5. The fraction of sp³-hybridized carbons (Fsp3) is 0.211. The van der Waals surface area contributed by atoms with E-state index < -0.39 is 10.5 Å². The Kier molecular flexibility index (Phi) is 5.58. The third kappa shape index (κ3) is 4.43. The second-order valence-corrected chi connectivity index (χ2v) is 6.77. The lowest BCUT2D eigenvalue weighted by Gasteiger charge is -2.10. The Labute approximate surface area is 154 Å². The predicted octanol–water partition coefficient (Wildman–Crippen LogP) is 1.86. The molecule has 6 nitrogen and oxygen atoms in total. The molecular formula is C19H16NO5S-. The van der Waals surface area contributed by atoms with Gasteiger partial charge in [0, 0.05) is 10.8 Å². The zero-order valence-corrected chi connectivity index (χ0v) is 14.8. The molecule has 134 valence electrons. The van der Waals surface area contributed by atoms with Crippen molar-refractivity contribution in [3.63, 3.8) is 0 Å². The maximum absolute atomic E-state index is 12.2. The Bertz CT molecular complexity index is 847. The lowest BCUT2D eigenvalue weighted by Crippen LogP contribution is -2.15. The molecule has 2 aromatic rings. The summed E-state index contributed by atoms with van der Waals surface area (Å²) in [5, 5.41) is 10.2. The minimum atomic E-state index is -0.455. The molecule has 1 atom stereocenters. The van der Waals surface area contributed by atoms with Crippen molar-refractivity contribution in [3.8, 4) is 11.5 Å². The molecule has 26 heavy (non-hydrogen) atoms. The molecule has 0 N–H and O–H groups in total. The summed E-state index contributed by atoms with van der Waals surface area (Å²) < 4.78 is 10.6. The third-order valence-electron chi connectivity index (χ3n) is 3.83. The number of Topliss-reactive ketones (excluding diaryl/α,β-unsaturated/α-hetero) is 1. The second kappa shape index (κ2) is 8.05. The second-order valence-electron chi connectivity index (χ2n) is 5.61.